The van der Waals surface area contributed by atoms with Crippen LogP contribution in [-0.2, 0) is 27.0 Å². The van der Waals surface area contributed by atoms with Crippen molar-refractivity contribution in [1.29, 1.82) is 0 Å². The van der Waals surface area contributed by atoms with E-state index in [9.17, 15) is 22.8 Å². The van der Waals surface area contributed by atoms with E-state index >= 15 is 0 Å². The van der Waals surface area contributed by atoms with E-state index in [2.05, 4.69) is 4.98 Å². The van der Waals surface area contributed by atoms with E-state index < -0.39 is 35.1 Å². The fourth-order valence-electron chi connectivity index (χ4n) is 2.55. The molecule has 12 heteroatoms. The Morgan fingerprint density at radius 1 is 1.03 bits per heavy atom. The minimum Gasteiger partial charge on any atom is -0.443 e. The van der Waals surface area contributed by atoms with E-state index in [1.807, 2.05) is 0 Å². The average molecular weight is 493 g/mol. The molecule has 0 radical (unpaired) electrons. The molecule has 33 heavy (non-hydrogen) atoms. The average Bonchev–Trinajstić information content (AvgIpc) is 3.01. The predicted octanol–water partition coefficient (Wildman–Crippen LogP) is 5.50. The van der Waals surface area contributed by atoms with Crippen LogP contribution in [0.5, 0.6) is 0 Å². The normalized spacial score (nSPS) is 12.7. The van der Waals surface area contributed by atoms with Gasteiger partial charge in [-0.3, -0.25) is 0 Å². The Labute approximate surface area is 193 Å². The van der Waals surface area contributed by atoms with Gasteiger partial charge in [-0.1, -0.05) is 11.3 Å². The molecule has 1 aromatic heterocycles. The Hall–Kier alpha value is -2.44. The van der Waals surface area contributed by atoms with Crippen molar-refractivity contribution in [2.75, 3.05) is 18.1 Å². The van der Waals surface area contributed by atoms with Gasteiger partial charge >= 0.3 is 18.4 Å². The van der Waals surface area contributed by atoms with Crippen molar-refractivity contribution in [2.45, 2.75) is 65.5 Å². The second-order valence-electron chi connectivity index (χ2n) is 9.05. The molecule has 0 unspecified atom stereocenters. The number of thiazole rings is 1. The lowest BCUT2D eigenvalue weighted by Crippen LogP contribution is -2.43. The summed E-state index contributed by atoms with van der Waals surface area (Å²) < 4.78 is 56.1. The molecule has 2 aromatic rings. The third kappa shape index (κ3) is 7.54. The second-order valence-corrected chi connectivity index (χ2v) is 10.1. The van der Waals surface area contributed by atoms with Crippen LogP contribution in [0.25, 0.3) is 10.2 Å². The topological polar surface area (TPSA) is 98.2 Å². The number of hydrogen-bond donors (Lipinski definition) is 1. The van der Waals surface area contributed by atoms with Crippen molar-refractivity contribution in [3.05, 3.63) is 23.3 Å². The minimum absolute atomic E-state index is 0.0829. The zero-order valence-electron chi connectivity index (χ0n) is 19.2. The third-order valence-corrected chi connectivity index (χ3v) is 4.71. The number of aliphatic hydroxyl groups excluding tert-OH is 1. The van der Waals surface area contributed by atoms with E-state index in [0.717, 1.165) is 12.1 Å². The number of amides is 2. The summed E-state index contributed by atoms with van der Waals surface area (Å²) in [6.07, 6.45) is -6.80. The van der Waals surface area contributed by atoms with Gasteiger partial charge in [0.1, 0.15) is 11.2 Å². The number of halogens is 3. The highest BCUT2D eigenvalue weighted by atomic mass is 32.1. The van der Waals surface area contributed by atoms with Crippen LogP contribution in [0.15, 0.2) is 12.1 Å². The Kier molecular flexibility index (Phi) is 7.98. The van der Waals surface area contributed by atoms with Crippen LogP contribution in [0.3, 0.4) is 0 Å². The molecule has 0 bridgehead atoms. The number of imide groups is 1. The lowest BCUT2D eigenvalue weighted by Gasteiger charge is -2.27. The quantitative estimate of drug-likeness (QED) is 0.550. The first-order valence-electron chi connectivity index (χ1n) is 9.97. The predicted molar refractivity (Wildman–Crippen MR) is 116 cm³/mol. The number of nitrogens with zero attached hydrogens (tertiary/aromatic N) is 2. The van der Waals surface area contributed by atoms with Gasteiger partial charge in [0.25, 0.3) is 0 Å². The molecule has 0 spiro atoms. The first-order chi connectivity index (χ1) is 15.0. The Morgan fingerprint density at radius 3 is 2.03 bits per heavy atom. The molecule has 0 aliphatic heterocycles. The summed E-state index contributed by atoms with van der Waals surface area (Å²) >= 11 is 0.706. The number of alkyl halides is 3. The standard InChI is InChI=1S/C21H27F3N2O6S/c1-19(2,3)31-17(28)26(18(29)32-20(4,5)6)16-25-15-12(11-30-8-7-27)9-13(21(22,23)24)10-14(15)33-16/h9-10,27H,7-8,11H2,1-6H3. The van der Waals surface area contributed by atoms with Crippen LogP contribution in [0.4, 0.5) is 27.9 Å². The van der Waals surface area contributed by atoms with E-state index in [-0.39, 0.29) is 40.7 Å². The van der Waals surface area contributed by atoms with Gasteiger partial charge in [0.15, 0.2) is 0 Å². The van der Waals surface area contributed by atoms with Crippen LogP contribution in [0, 0.1) is 0 Å². The summed E-state index contributed by atoms with van der Waals surface area (Å²) in [6.45, 7) is 8.94. The summed E-state index contributed by atoms with van der Waals surface area (Å²) in [5, 5.41) is 8.69. The molecule has 0 aliphatic rings. The van der Waals surface area contributed by atoms with Crippen molar-refractivity contribution in [2.24, 2.45) is 0 Å². The lowest BCUT2D eigenvalue weighted by atomic mass is 10.1. The van der Waals surface area contributed by atoms with Crippen molar-refractivity contribution in [3.63, 3.8) is 0 Å². The summed E-state index contributed by atoms with van der Waals surface area (Å²) in [5.41, 5.74) is -2.64. The van der Waals surface area contributed by atoms with Gasteiger partial charge in [0.05, 0.1) is 35.6 Å². The number of carbonyl (C=O) groups is 2. The van der Waals surface area contributed by atoms with Crippen molar-refractivity contribution < 1.29 is 42.1 Å². The fraction of sp³-hybridized carbons (Fsp3) is 0.571. The van der Waals surface area contributed by atoms with Crippen molar-refractivity contribution >= 4 is 38.9 Å². The fourth-order valence-corrected chi connectivity index (χ4v) is 3.58. The molecule has 1 N–H and O–H groups in total. The molecule has 0 aliphatic carbocycles. The molecule has 0 atom stereocenters. The van der Waals surface area contributed by atoms with Crippen LogP contribution in [0.2, 0.25) is 0 Å². The minimum atomic E-state index is -4.64. The number of hydrogen-bond acceptors (Lipinski definition) is 8. The highest BCUT2D eigenvalue weighted by molar-refractivity contribution is 7.22. The van der Waals surface area contributed by atoms with Gasteiger partial charge in [-0.05, 0) is 53.7 Å². The number of ether oxygens (including phenoxy) is 3. The molecule has 1 aromatic carbocycles. The number of fused-ring (bicyclic) bond motifs is 1. The first kappa shape index (κ1) is 26.8. The van der Waals surface area contributed by atoms with Gasteiger partial charge in [0.2, 0.25) is 5.13 Å². The smallest absolute Gasteiger partial charge is 0.426 e. The van der Waals surface area contributed by atoms with Crippen LogP contribution < -0.4 is 4.90 Å². The lowest BCUT2D eigenvalue weighted by molar-refractivity contribution is -0.137. The Morgan fingerprint density at radius 2 is 1.58 bits per heavy atom. The molecule has 184 valence electrons. The van der Waals surface area contributed by atoms with Gasteiger partial charge in [-0.2, -0.15) is 18.1 Å². The maximum Gasteiger partial charge on any atom is 0.426 e. The third-order valence-electron chi connectivity index (χ3n) is 3.73. The van der Waals surface area contributed by atoms with Crippen LogP contribution in [-0.4, -0.2) is 46.7 Å². The van der Waals surface area contributed by atoms with Crippen molar-refractivity contribution in [3.8, 4) is 0 Å². The van der Waals surface area contributed by atoms with Crippen LogP contribution in [0.1, 0.15) is 52.7 Å². The Balaban J connectivity index is 2.62. The first-order valence-corrected chi connectivity index (χ1v) is 10.8. The van der Waals surface area contributed by atoms with Gasteiger partial charge in [-0.15, -0.1) is 0 Å². The molecule has 1 heterocycles. The SMILES string of the molecule is CC(C)(C)OC(=O)N(C(=O)OC(C)(C)C)c1nc2c(COCCO)cc(C(F)(F)F)cc2s1. The maximum absolute atomic E-state index is 13.4. The molecule has 0 saturated heterocycles. The zero-order chi connectivity index (χ0) is 25.2. The molecular formula is C21H27F3N2O6S. The molecule has 0 fully saturated rings. The molecule has 8 nitrogen and oxygen atoms in total. The summed E-state index contributed by atoms with van der Waals surface area (Å²) in [5.74, 6) is 0. The van der Waals surface area contributed by atoms with Crippen LogP contribution >= 0.6 is 11.3 Å². The number of aliphatic hydroxyl groups is 1. The number of rotatable bonds is 5. The highest BCUT2D eigenvalue weighted by Gasteiger charge is 2.36. The number of carbonyl (C=O) groups excluding carboxylic acids is 2. The summed E-state index contributed by atoms with van der Waals surface area (Å²) in [6, 6.07) is 1.77. The Bertz CT molecular complexity index is 980. The number of anilines is 1. The van der Waals surface area contributed by atoms with Gasteiger partial charge in [0, 0.05) is 5.56 Å². The summed E-state index contributed by atoms with van der Waals surface area (Å²) in [4.78, 5) is 30.5. The molecule has 2 rings (SSSR count). The van der Waals surface area contributed by atoms with E-state index in [4.69, 9.17) is 19.3 Å². The van der Waals surface area contributed by atoms with Gasteiger partial charge in [-0.25, -0.2) is 14.6 Å². The molecular weight excluding hydrogens is 465 g/mol. The van der Waals surface area contributed by atoms with E-state index in [1.165, 1.54) is 0 Å². The second kappa shape index (κ2) is 9.82. The monoisotopic (exact) mass is 492 g/mol. The zero-order valence-corrected chi connectivity index (χ0v) is 20.0. The number of aromatic nitrogens is 1. The summed E-state index contributed by atoms with van der Waals surface area (Å²) in [7, 11) is 0. The van der Waals surface area contributed by atoms with Gasteiger partial charge < -0.3 is 19.3 Å². The largest absolute Gasteiger partial charge is 0.443 e. The molecule has 0 saturated carbocycles. The number of benzene rings is 1. The van der Waals surface area contributed by atoms with Crippen molar-refractivity contribution in [1.82, 2.24) is 4.98 Å². The highest BCUT2D eigenvalue weighted by Crippen LogP contribution is 2.38. The van der Waals surface area contributed by atoms with E-state index in [0.29, 0.717) is 16.2 Å². The van der Waals surface area contributed by atoms with E-state index in [1.54, 1.807) is 41.5 Å². The maximum atomic E-state index is 13.4. The molecule has 2 amide bonds.